The molecule has 3 rings (SSSR count). The van der Waals surface area contributed by atoms with Gasteiger partial charge in [0.1, 0.15) is 0 Å². The van der Waals surface area contributed by atoms with Crippen molar-refractivity contribution in [1.82, 2.24) is 15.2 Å². The number of aromatic amines is 1. The molecule has 18 heavy (non-hydrogen) atoms. The monoisotopic (exact) mass is 245 g/mol. The van der Waals surface area contributed by atoms with Gasteiger partial charge in [-0.05, 0) is 6.07 Å². The van der Waals surface area contributed by atoms with E-state index in [1.165, 1.54) is 0 Å². The van der Waals surface area contributed by atoms with Crippen molar-refractivity contribution >= 4 is 10.9 Å². The van der Waals surface area contributed by atoms with E-state index in [1.54, 1.807) is 0 Å². The number of nitrogens with zero attached hydrogens (tertiary/aromatic N) is 1. The van der Waals surface area contributed by atoms with E-state index >= 15 is 0 Å². The average Bonchev–Trinajstić information content (AvgIpc) is 2.84. The fourth-order valence-corrected chi connectivity index (χ4v) is 2.61. The summed E-state index contributed by atoms with van der Waals surface area (Å²) in [6.45, 7) is 4.77. The van der Waals surface area contributed by atoms with Gasteiger partial charge in [0.05, 0.1) is 6.10 Å². The molecule has 1 saturated heterocycles. The number of nitrogens with one attached hydrogen (secondary N) is 2. The molecule has 1 aromatic heterocycles. The minimum atomic E-state index is -0.417. The molecule has 0 spiro atoms. The summed E-state index contributed by atoms with van der Waals surface area (Å²) in [6.07, 6.45) is 1.51. The molecule has 3 N–H and O–H groups in total. The van der Waals surface area contributed by atoms with Crippen molar-refractivity contribution in [2.24, 2.45) is 0 Å². The summed E-state index contributed by atoms with van der Waals surface area (Å²) in [5.41, 5.74) is 2.09. The maximum atomic E-state index is 10.4. The maximum absolute atomic E-state index is 10.4. The van der Waals surface area contributed by atoms with E-state index in [0.717, 1.165) is 42.6 Å². The van der Waals surface area contributed by atoms with Crippen molar-refractivity contribution in [3.63, 3.8) is 0 Å². The molecule has 0 amide bonds. The highest BCUT2D eigenvalue weighted by Gasteiger charge is 2.17. The summed E-state index contributed by atoms with van der Waals surface area (Å²) in [4.78, 5) is 5.52. The Labute approximate surface area is 107 Å². The quantitative estimate of drug-likeness (QED) is 0.759. The van der Waals surface area contributed by atoms with Crippen molar-refractivity contribution < 1.29 is 5.11 Å². The zero-order valence-corrected chi connectivity index (χ0v) is 10.4. The number of hydrogen-bond donors (Lipinski definition) is 3. The van der Waals surface area contributed by atoms with Crippen LogP contribution in [0.4, 0.5) is 0 Å². The minimum absolute atomic E-state index is 0.417. The van der Waals surface area contributed by atoms with Crippen LogP contribution in [0, 0.1) is 0 Å². The first-order valence-corrected chi connectivity index (χ1v) is 6.52. The van der Waals surface area contributed by atoms with Gasteiger partial charge in [0, 0.05) is 55.4 Å². The Morgan fingerprint density at radius 1 is 1.22 bits per heavy atom. The molecule has 4 nitrogen and oxygen atoms in total. The summed E-state index contributed by atoms with van der Waals surface area (Å²) in [5, 5.41) is 14.8. The Hall–Kier alpha value is -1.36. The summed E-state index contributed by atoms with van der Waals surface area (Å²) < 4.78 is 0. The van der Waals surface area contributed by atoms with Gasteiger partial charge in [0.2, 0.25) is 0 Å². The van der Waals surface area contributed by atoms with E-state index in [0.29, 0.717) is 6.54 Å². The molecule has 1 atom stereocenters. The average molecular weight is 245 g/mol. The van der Waals surface area contributed by atoms with Gasteiger partial charge in [-0.2, -0.15) is 0 Å². The van der Waals surface area contributed by atoms with E-state index in [4.69, 9.17) is 0 Å². The number of para-hydroxylation sites is 1. The Bertz CT molecular complexity index is 516. The van der Waals surface area contributed by atoms with Crippen LogP contribution in [0.2, 0.25) is 0 Å². The lowest BCUT2D eigenvalue weighted by molar-refractivity contribution is 0.106. The van der Waals surface area contributed by atoms with Crippen LogP contribution in [-0.2, 0) is 0 Å². The van der Waals surface area contributed by atoms with Crippen LogP contribution in [0.5, 0.6) is 0 Å². The summed E-state index contributed by atoms with van der Waals surface area (Å²) in [5.74, 6) is 0. The number of hydrogen-bond acceptors (Lipinski definition) is 3. The highest BCUT2D eigenvalue weighted by molar-refractivity contribution is 5.83. The molecule has 0 aliphatic carbocycles. The lowest BCUT2D eigenvalue weighted by Crippen LogP contribution is -2.44. The van der Waals surface area contributed by atoms with E-state index < -0.39 is 6.10 Å². The van der Waals surface area contributed by atoms with Crippen LogP contribution in [0.15, 0.2) is 30.5 Å². The van der Waals surface area contributed by atoms with Crippen molar-refractivity contribution in [3.8, 4) is 0 Å². The normalized spacial score (nSPS) is 19.2. The number of benzene rings is 1. The van der Waals surface area contributed by atoms with Gasteiger partial charge in [0.25, 0.3) is 0 Å². The number of aliphatic hydroxyl groups is 1. The molecular weight excluding hydrogens is 226 g/mol. The number of fused-ring (bicyclic) bond motifs is 1. The number of aromatic nitrogens is 1. The molecule has 1 unspecified atom stereocenters. The predicted molar refractivity (Wildman–Crippen MR) is 72.6 cm³/mol. The van der Waals surface area contributed by atoms with Crippen LogP contribution in [-0.4, -0.2) is 47.7 Å². The smallest absolute Gasteiger partial charge is 0.0937 e. The molecule has 1 aromatic carbocycles. The first kappa shape index (κ1) is 11.7. The zero-order chi connectivity index (χ0) is 12.4. The number of β-amino-alcohol motifs (C(OH)–C–C–N with tert-alkyl or cyclic N) is 1. The lowest BCUT2D eigenvalue weighted by Gasteiger charge is -2.29. The number of aliphatic hydroxyl groups excluding tert-OH is 1. The molecule has 0 bridgehead atoms. The van der Waals surface area contributed by atoms with Crippen molar-refractivity contribution in [3.05, 3.63) is 36.0 Å². The maximum Gasteiger partial charge on any atom is 0.0937 e. The second-order valence-electron chi connectivity index (χ2n) is 4.86. The third-order valence-electron chi connectivity index (χ3n) is 3.62. The Morgan fingerprint density at radius 2 is 2.00 bits per heavy atom. The van der Waals surface area contributed by atoms with E-state index in [2.05, 4.69) is 21.3 Å². The molecule has 96 valence electrons. The van der Waals surface area contributed by atoms with E-state index in [9.17, 15) is 5.11 Å². The topological polar surface area (TPSA) is 51.3 Å². The SMILES string of the molecule is OC(CN1CCNCC1)c1c[nH]c2ccccc12. The van der Waals surface area contributed by atoms with Gasteiger partial charge in [-0.1, -0.05) is 18.2 Å². The van der Waals surface area contributed by atoms with E-state index in [1.807, 2.05) is 24.4 Å². The van der Waals surface area contributed by atoms with E-state index in [-0.39, 0.29) is 0 Å². The number of piperazine rings is 1. The Kier molecular flexibility index (Phi) is 3.32. The van der Waals surface area contributed by atoms with Crippen LogP contribution >= 0.6 is 0 Å². The summed E-state index contributed by atoms with van der Waals surface area (Å²) in [7, 11) is 0. The number of rotatable bonds is 3. The highest BCUT2D eigenvalue weighted by Crippen LogP contribution is 2.24. The largest absolute Gasteiger partial charge is 0.387 e. The standard InChI is InChI=1S/C14H19N3O/c18-14(10-17-7-5-15-6-8-17)12-9-16-13-4-2-1-3-11(12)13/h1-4,9,14-16,18H,5-8,10H2. The van der Waals surface area contributed by atoms with Gasteiger partial charge in [-0.25, -0.2) is 0 Å². The molecule has 1 fully saturated rings. The Morgan fingerprint density at radius 3 is 2.83 bits per heavy atom. The van der Waals surface area contributed by atoms with Crippen LogP contribution in [0.3, 0.4) is 0 Å². The van der Waals surface area contributed by atoms with Gasteiger partial charge >= 0.3 is 0 Å². The summed E-state index contributed by atoms with van der Waals surface area (Å²) in [6, 6.07) is 8.11. The molecule has 0 radical (unpaired) electrons. The molecular formula is C14H19N3O. The third-order valence-corrected chi connectivity index (χ3v) is 3.62. The minimum Gasteiger partial charge on any atom is -0.387 e. The van der Waals surface area contributed by atoms with Crippen LogP contribution < -0.4 is 5.32 Å². The van der Waals surface area contributed by atoms with Gasteiger partial charge in [0.15, 0.2) is 0 Å². The first-order chi connectivity index (χ1) is 8.84. The molecule has 1 aliphatic rings. The van der Waals surface area contributed by atoms with Crippen LogP contribution in [0.1, 0.15) is 11.7 Å². The lowest BCUT2D eigenvalue weighted by atomic mass is 10.1. The van der Waals surface area contributed by atoms with Gasteiger partial charge in [-0.15, -0.1) is 0 Å². The zero-order valence-electron chi connectivity index (χ0n) is 10.4. The Balaban J connectivity index is 1.76. The van der Waals surface area contributed by atoms with Crippen molar-refractivity contribution in [2.75, 3.05) is 32.7 Å². The van der Waals surface area contributed by atoms with Crippen LogP contribution in [0.25, 0.3) is 10.9 Å². The third kappa shape index (κ3) is 2.27. The van der Waals surface area contributed by atoms with Gasteiger partial charge < -0.3 is 15.4 Å². The number of H-pyrrole nitrogens is 1. The fraction of sp³-hybridized carbons (Fsp3) is 0.429. The fourth-order valence-electron chi connectivity index (χ4n) is 2.61. The molecule has 4 heteroatoms. The van der Waals surface area contributed by atoms with Crippen molar-refractivity contribution in [1.29, 1.82) is 0 Å². The molecule has 2 aromatic rings. The predicted octanol–water partition coefficient (Wildman–Crippen LogP) is 1.11. The molecule has 0 saturated carbocycles. The highest BCUT2D eigenvalue weighted by atomic mass is 16.3. The molecule has 1 aliphatic heterocycles. The van der Waals surface area contributed by atoms with Gasteiger partial charge in [-0.3, -0.25) is 4.90 Å². The molecule has 2 heterocycles. The van der Waals surface area contributed by atoms with Crippen molar-refractivity contribution in [2.45, 2.75) is 6.10 Å². The second-order valence-corrected chi connectivity index (χ2v) is 4.86. The summed E-state index contributed by atoms with van der Waals surface area (Å²) >= 11 is 0. The second kappa shape index (κ2) is 5.10. The first-order valence-electron chi connectivity index (χ1n) is 6.52.